The van der Waals surface area contributed by atoms with Crippen LogP contribution in [-0.4, -0.2) is 11.1 Å². The first-order chi connectivity index (χ1) is 5.24. The van der Waals surface area contributed by atoms with Crippen LogP contribution in [0.3, 0.4) is 0 Å². The van der Waals surface area contributed by atoms with Crippen LogP contribution < -0.4 is 0 Å². The predicted molar refractivity (Wildman–Crippen MR) is 43.4 cm³/mol. The predicted octanol–water partition coefficient (Wildman–Crippen LogP) is 2.29. The van der Waals surface area contributed by atoms with Gasteiger partial charge in [-0.05, 0) is 18.8 Å². The first-order valence-corrected chi connectivity index (χ1v) is 4.46. The molecule has 2 heteroatoms. The van der Waals surface area contributed by atoms with Crippen molar-refractivity contribution in [3.63, 3.8) is 0 Å². The fraction of sp³-hybridized carbons (Fsp3) is 0.889. The fourth-order valence-electron chi connectivity index (χ4n) is 1.45. The van der Waals surface area contributed by atoms with Crippen molar-refractivity contribution in [1.82, 2.24) is 0 Å². The molecule has 0 radical (unpaired) electrons. The Morgan fingerprint density at radius 2 is 2.27 bits per heavy atom. The summed E-state index contributed by atoms with van der Waals surface area (Å²) in [6.45, 7) is 2.04. The van der Waals surface area contributed by atoms with Gasteiger partial charge in [0.15, 0.2) is 0 Å². The van der Waals surface area contributed by atoms with Gasteiger partial charge in [0.1, 0.15) is 0 Å². The molecule has 0 bridgehead atoms. The van der Waals surface area contributed by atoms with Crippen LogP contribution in [0.4, 0.5) is 0 Å². The lowest BCUT2D eigenvalue weighted by Gasteiger charge is -2.08. The van der Waals surface area contributed by atoms with Crippen molar-refractivity contribution in [3.8, 4) is 0 Å². The molecule has 1 rings (SSSR count). The molecule has 0 saturated heterocycles. The highest BCUT2D eigenvalue weighted by Gasteiger charge is 2.28. The first-order valence-electron chi connectivity index (χ1n) is 4.46. The number of hydrogen-bond acceptors (Lipinski definition) is 1. The molecule has 1 aliphatic carbocycles. The third-order valence-electron chi connectivity index (χ3n) is 2.30. The van der Waals surface area contributed by atoms with Gasteiger partial charge in [0.25, 0.3) is 0 Å². The molecular formula is C9H16O2. The highest BCUT2D eigenvalue weighted by atomic mass is 16.4. The van der Waals surface area contributed by atoms with Crippen molar-refractivity contribution in [2.45, 2.75) is 39.0 Å². The van der Waals surface area contributed by atoms with Gasteiger partial charge in [-0.2, -0.15) is 0 Å². The lowest BCUT2D eigenvalue weighted by atomic mass is 9.97. The van der Waals surface area contributed by atoms with E-state index >= 15 is 0 Å². The molecule has 0 aromatic heterocycles. The van der Waals surface area contributed by atoms with Crippen molar-refractivity contribution in [2.24, 2.45) is 11.8 Å². The summed E-state index contributed by atoms with van der Waals surface area (Å²) >= 11 is 0. The van der Waals surface area contributed by atoms with Crippen LogP contribution in [0.2, 0.25) is 0 Å². The summed E-state index contributed by atoms with van der Waals surface area (Å²) in [7, 11) is 0. The molecule has 64 valence electrons. The van der Waals surface area contributed by atoms with E-state index in [4.69, 9.17) is 5.11 Å². The Bertz CT molecular complexity index is 138. The summed E-state index contributed by atoms with van der Waals surface area (Å²) in [4.78, 5) is 10.7. The quantitative estimate of drug-likeness (QED) is 0.663. The molecule has 0 amide bonds. The van der Waals surface area contributed by atoms with Crippen LogP contribution in [0.1, 0.15) is 39.0 Å². The molecule has 2 nitrogen and oxygen atoms in total. The van der Waals surface area contributed by atoms with Gasteiger partial charge in [-0.3, -0.25) is 4.79 Å². The summed E-state index contributed by atoms with van der Waals surface area (Å²) in [5.74, 6) is 0.0777. The van der Waals surface area contributed by atoms with E-state index in [0.717, 1.165) is 25.2 Å². The maximum absolute atomic E-state index is 10.7. The lowest BCUT2D eigenvalue weighted by molar-refractivity contribution is -0.142. The minimum absolute atomic E-state index is 0.0625. The number of rotatable bonds is 5. The topological polar surface area (TPSA) is 37.3 Å². The van der Waals surface area contributed by atoms with Gasteiger partial charge in [-0.25, -0.2) is 0 Å². The molecule has 0 aliphatic heterocycles. The van der Waals surface area contributed by atoms with E-state index in [2.05, 4.69) is 0 Å². The van der Waals surface area contributed by atoms with E-state index in [-0.39, 0.29) is 5.92 Å². The Morgan fingerprint density at radius 1 is 1.64 bits per heavy atom. The second kappa shape index (κ2) is 3.74. The number of aliphatic carboxylic acids is 1. The number of carboxylic acid groups (broad SMARTS) is 1. The molecule has 0 aromatic rings. The van der Waals surface area contributed by atoms with E-state index in [1.807, 2.05) is 6.92 Å². The summed E-state index contributed by atoms with van der Waals surface area (Å²) in [6, 6.07) is 0. The monoisotopic (exact) mass is 156 g/mol. The van der Waals surface area contributed by atoms with Crippen LogP contribution in [0.25, 0.3) is 0 Å². The normalized spacial score (nSPS) is 19.7. The van der Waals surface area contributed by atoms with Crippen molar-refractivity contribution in [2.75, 3.05) is 0 Å². The molecule has 1 aliphatic rings. The molecule has 0 spiro atoms. The number of carbonyl (C=O) groups is 1. The second-order valence-corrected chi connectivity index (χ2v) is 3.50. The minimum atomic E-state index is -0.598. The average molecular weight is 156 g/mol. The maximum atomic E-state index is 10.7. The zero-order chi connectivity index (χ0) is 8.27. The SMILES string of the molecule is CCC[C@@H](CC1CC1)C(=O)O. The molecule has 0 heterocycles. The van der Waals surface area contributed by atoms with Gasteiger partial charge >= 0.3 is 5.97 Å². The average Bonchev–Trinajstić information content (AvgIpc) is 2.70. The molecule has 1 atom stereocenters. The molecular weight excluding hydrogens is 140 g/mol. The third-order valence-corrected chi connectivity index (χ3v) is 2.30. The maximum Gasteiger partial charge on any atom is 0.306 e. The Hall–Kier alpha value is -0.530. The van der Waals surface area contributed by atoms with Crippen LogP contribution in [0.15, 0.2) is 0 Å². The van der Waals surface area contributed by atoms with Crippen molar-refractivity contribution in [1.29, 1.82) is 0 Å². The van der Waals surface area contributed by atoms with Gasteiger partial charge in [-0.15, -0.1) is 0 Å². The van der Waals surface area contributed by atoms with E-state index in [0.29, 0.717) is 0 Å². The van der Waals surface area contributed by atoms with Crippen molar-refractivity contribution in [3.05, 3.63) is 0 Å². The first kappa shape index (κ1) is 8.57. The van der Waals surface area contributed by atoms with Crippen molar-refractivity contribution < 1.29 is 9.90 Å². The fourth-order valence-corrected chi connectivity index (χ4v) is 1.45. The summed E-state index contributed by atoms with van der Waals surface area (Å²) in [5.41, 5.74) is 0. The zero-order valence-electron chi connectivity index (χ0n) is 7.05. The van der Waals surface area contributed by atoms with E-state index in [9.17, 15) is 4.79 Å². The molecule has 1 fully saturated rings. The third kappa shape index (κ3) is 2.91. The van der Waals surface area contributed by atoms with Crippen LogP contribution in [0.5, 0.6) is 0 Å². The molecule has 1 N–H and O–H groups in total. The van der Waals surface area contributed by atoms with Gasteiger partial charge in [0.05, 0.1) is 5.92 Å². The highest BCUT2D eigenvalue weighted by molar-refractivity contribution is 5.69. The van der Waals surface area contributed by atoms with Crippen LogP contribution >= 0.6 is 0 Å². The van der Waals surface area contributed by atoms with Crippen molar-refractivity contribution >= 4 is 5.97 Å². The van der Waals surface area contributed by atoms with Gasteiger partial charge in [0.2, 0.25) is 0 Å². The van der Waals surface area contributed by atoms with Crippen LogP contribution in [-0.2, 0) is 4.79 Å². The molecule has 0 unspecified atom stereocenters. The van der Waals surface area contributed by atoms with Crippen LogP contribution in [0, 0.1) is 11.8 Å². The van der Waals surface area contributed by atoms with E-state index in [1.54, 1.807) is 0 Å². The van der Waals surface area contributed by atoms with E-state index < -0.39 is 5.97 Å². The molecule has 1 saturated carbocycles. The zero-order valence-corrected chi connectivity index (χ0v) is 7.05. The summed E-state index contributed by atoms with van der Waals surface area (Å²) in [5, 5.41) is 8.78. The Morgan fingerprint density at radius 3 is 2.64 bits per heavy atom. The second-order valence-electron chi connectivity index (χ2n) is 3.50. The highest BCUT2D eigenvalue weighted by Crippen LogP contribution is 2.36. The number of carboxylic acids is 1. The lowest BCUT2D eigenvalue weighted by Crippen LogP contribution is -2.13. The number of hydrogen-bond donors (Lipinski definition) is 1. The summed E-state index contributed by atoms with van der Waals surface area (Å²) in [6.07, 6.45) is 5.28. The van der Waals surface area contributed by atoms with Gasteiger partial charge in [0, 0.05) is 0 Å². The summed E-state index contributed by atoms with van der Waals surface area (Å²) < 4.78 is 0. The standard InChI is InChI=1S/C9H16O2/c1-2-3-8(9(10)11)6-7-4-5-7/h7-8H,2-6H2,1H3,(H,10,11)/t8-/m0/s1. The Labute approximate surface area is 67.6 Å². The minimum Gasteiger partial charge on any atom is -0.481 e. The smallest absolute Gasteiger partial charge is 0.306 e. The largest absolute Gasteiger partial charge is 0.481 e. The van der Waals surface area contributed by atoms with E-state index in [1.165, 1.54) is 12.8 Å². The Balaban J connectivity index is 2.24. The molecule has 11 heavy (non-hydrogen) atoms. The van der Waals surface area contributed by atoms with Gasteiger partial charge in [-0.1, -0.05) is 26.2 Å². The Kier molecular flexibility index (Phi) is 2.92. The van der Waals surface area contributed by atoms with Gasteiger partial charge < -0.3 is 5.11 Å². The molecule has 0 aromatic carbocycles.